The van der Waals surface area contributed by atoms with Crippen LogP contribution in [0.2, 0.25) is 0 Å². The first kappa shape index (κ1) is 28.6. The van der Waals surface area contributed by atoms with E-state index in [9.17, 15) is 13.2 Å². The molecule has 6 rings (SSSR count). The zero-order chi connectivity index (χ0) is 30.4. The molecule has 0 spiro atoms. The van der Waals surface area contributed by atoms with Gasteiger partial charge in [-0.15, -0.1) is 0 Å². The molecule has 43 heavy (non-hydrogen) atoms. The van der Waals surface area contributed by atoms with Crippen LogP contribution in [0.1, 0.15) is 45.6 Å². The molecule has 1 aliphatic rings. The number of fused-ring (bicyclic) bond motifs is 1. The zero-order valence-corrected chi connectivity index (χ0v) is 25.5. The Morgan fingerprint density at radius 2 is 1.56 bits per heavy atom. The molecule has 1 aliphatic carbocycles. The minimum atomic E-state index is -3.31. The summed E-state index contributed by atoms with van der Waals surface area (Å²) in [4.78, 5) is 17.6. The molecule has 0 radical (unpaired) electrons. The molecular weight excluding hydrogens is 560 g/mol. The van der Waals surface area contributed by atoms with Gasteiger partial charge in [-0.3, -0.25) is 0 Å². The molecule has 0 unspecified atom stereocenters. The minimum Gasteiger partial charge on any atom is -0.444 e. The van der Waals surface area contributed by atoms with Gasteiger partial charge in [0, 0.05) is 22.9 Å². The van der Waals surface area contributed by atoms with E-state index in [2.05, 4.69) is 22.4 Å². The van der Waals surface area contributed by atoms with Crippen LogP contribution in [0.3, 0.4) is 0 Å². The Morgan fingerprint density at radius 3 is 2.14 bits per heavy atom. The Balaban J connectivity index is 1.41. The monoisotopic (exact) mass is 594 g/mol. The van der Waals surface area contributed by atoms with Crippen LogP contribution in [0.4, 0.5) is 4.79 Å². The number of alkyl carbamates (subject to hydrolysis) is 1. The number of benzene rings is 3. The van der Waals surface area contributed by atoms with Gasteiger partial charge in [0.05, 0.1) is 28.0 Å². The van der Waals surface area contributed by atoms with Gasteiger partial charge in [0.25, 0.3) is 0 Å². The normalized spacial score (nSPS) is 14.7. The first-order valence-corrected chi connectivity index (χ1v) is 16.2. The summed E-state index contributed by atoms with van der Waals surface area (Å²) in [5.74, 6) is 0. The molecule has 0 saturated heterocycles. The number of nitrogens with one attached hydrogen (secondary N) is 1. The van der Waals surface area contributed by atoms with E-state index in [1.54, 1.807) is 35.0 Å². The van der Waals surface area contributed by atoms with E-state index in [0.717, 1.165) is 58.5 Å². The van der Waals surface area contributed by atoms with Crippen molar-refractivity contribution in [1.29, 1.82) is 0 Å². The van der Waals surface area contributed by atoms with Crippen molar-refractivity contribution >= 4 is 21.6 Å². The second-order valence-corrected chi connectivity index (χ2v) is 14.1. The highest BCUT2D eigenvalue weighted by Crippen LogP contribution is 2.42. The number of carbonyl (C=O) groups is 1. The third kappa shape index (κ3) is 5.77. The first-order valence-electron chi connectivity index (χ1n) is 14.3. The summed E-state index contributed by atoms with van der Waals surface area (Å²) in [7, 11) is -3.31. The van der Waals surface area contributed by atoms with Gasteiger partial charge in [-0.05, 0) is 69.4 Å². The molecule has 1 N–H and O–H groups in total. The van der Waals surface area contributed by atoms with Crippen molar-refractivity contribution in [3.05, 3.63) is 96.7 Å². The van der Waals surface area contributed by atoms with Crippen LogP contribution in [-0.4, -0.2) is 41.0 Å². The number of nitrogens with zero attached hydrogens (tertiary/aromatic N) is 3. The van der Waals surface area contributed by atoms with E-state index in [1.807, 2.05) is 69.3 Å². The molecule has 8 nitrogen and oxygen atoms in total. The van der Waals surface area contributed by atoms with Crippen molar-refractivity contribution in [3.63, 3.8) is 0 Å². The molecule has 1 fully saturated rings. The van der Waals surface area contributed by atoms with Crippen molar-refractivity contribution in [3.8, 4) is 33.6 Å². The summed E-state index contributed by atoms with van der Waals surface area (Å²) < 4.78 is 31.3. The Hall–Kier alpha value is -4.50. The molecule has 0 bridgehead atoms. The number of sulfone groups is 1. The third-order valence-electron chi connectivity index (χ3n) is 7.81. The zero-order valence-electron chi connectivity index (χ0n) is 24.7. The van der Waals surface area contributed by atoms with E-state index < -0.39 is 27.1 Å². The number of carbonyl (C=O) groups excluding carboxylic acids is 1. The molecular formula is C34H34N4O4S. The molecule has 220 valence electrons. The SMILES string of the molecule is CC(C)(C)OC(=O)NC1(c2ccc(-c3nn4c(-c5ccc(S(C)(=O)=O)cc5)cnc4cc3-c3ccccc3)cc2)CCC1. The van der Waals surface area contributed by atoms with E-state index in [1.165, 1.54) is 6.26 Å². The molecule has 2 aromatic heterocycles. The van der Waals surface area contributed by atoms with Crippen LogP contribution in [0.25, 0.3) is 39.3 Å². The average molecular weight is 595 g/mol. The summed E-state index contributed by atoms with van der Waals surface area (Å²) >= 11 is 0. The van der Waals surface area contributed by atoms with Crippen LogP contribution in [-0.2, 0) is 20.1 Å². The summed E-state index contributed by atoms with van der Waals surface area (Å²) in [6, 6.07) is 27.1. The van der Waals surface area contributed by atoms with E-state index in [0.29, 0.717) is 5.65 Å². The highest BCUT2D eigenvalue weighted by molar-refractivity contribution is 7.90. The van der Waals surface area contributed by atoms with Gasteiger partial charge in [0.15, 0.2) is 15.5 Å². The van der Waals surface area contributed by atoms with Crippen LogP contribution in [0, 0.1) is 0 Å². The summed E-state index contributed by atoms with van der Waals surface area (Å²) in [6.07, 6.45) is 5.27. The fraction of sp³-hybridized carbons (Fsp3) is 0.265. The molecule has 5 aromatic rings. The number of imidazole rings is 1. The minimum absolute atomic E-state index is 0.260. The van der Waals surface area contributed by atoms with Crippen LogP contribution in [0.15, 0.2) is 96.0 Å². The fourth-order valence-corrected chi connectivity index (χ4v) is 6.13. The van der Waals surface area contributed by atoms with Gasteiger partial charge >= 0.3 is 6.09 Å². The highest BCUT2D eigenvalue weighted by Gasteiger charge is 2.41. The largest absolute Gasteiger partial charge is 0.444 e. The lowest BCUT2D eigenvalue weighted by Crippen LogP contribution is -2.52. The van der Waals surface area contributed by atoms with Crippen LogP contribution in [0.5, 0.6) is 0 Å². The number of amides is 1. The maximum Gasteiger partial charge on any atom is 0.408 e. The van der Waals surface area contributed by atoms with Crippen molar-refractivity contribution < 1.29 is 17.9 Å². The maximum atomic E-state index is 12.7. The van der Waals surface area contributed by atoms with Crippen molar-refractivity contribution in [2.75, 3.05) is 6.26 Å². The molecule has 3 aromatic carbocycles. The number of aromatic nitrogens is 3. The quantitative estimate of drug-likeness (QED) is 0.226. The number of hydrogen-bond donors (Lipinski definition) is 1. The average Bonchev–Trinajstić information content (AvgIpc) is 3.37. The molecule has 0 aliphatic heterocycles. The van der Waals surface area contributed by atoms with Gasteiger partial charge in [-0.1, -0.05) is 66.7 Å². The van der Waals surface area contributed by atoms with E-state index in [4.69, 9.17) is 9.84 Å². The van der Waals surface area contributed by atoms with E-state index >= 15 is 0 Å². The van der Waals surface area contributed by atoms with Crippen LogP contribution >= 0.6 is 0 Å². The molecule has 0 atom stereocenters. The van der Waals surface area contributed by atoms with Crippen molar-refractivity contribution in [2.24, 2.45) is 0 Å². The predicted octanol–water partition coefficient (Wildman–Crippen LogP) is 7.04. The smallest absolute Gasteiger partial charge is 0.408 e. The lowest BCUT2D eigenvalue weighted by atomic mass is 9.71. The summed E-state index contributed by atoms with van der Waals surface area (Å²) in [6.45, 7) is 5.58. The number of hydrogen-bond acceptors (Lipinski definition) is 6. The maximum absolute atomic E-state index is 12.7. The second-order valence-electron chi connectivity index (χ2n) is 12.1. The Labute approximate surface area is 251 Å². The first-order chi connectivity index (χ1) is 20.4. The van der Waals surface area contributed by atoms with E-state index in [-0.39, 0.29) is 4.90 Å². The molecule has 1 saturated carbocycles. The standard InChI is InChI=1S/C34H34N4O4S/c1-33(2,3)42-32(39)36-34(19-8-20-34)26-15-11-25(12-16-26)31-28(23-9-6-5-7-10-23)21-30-35-22-29(38(30)37-31)24-13-17-27(18-14-24)43(4,40)41/h5-7,9-18,21-22H,8,19-20H2,1-4H3,(H,36,39). The van der Waals surface area contributed by atoms with Gasteiger partial charge in [0.1, 0.15) is 5.60 Å². The van der Waals surface area contributed by atoms with Crippen molar-refractivity contribution in [1.82, 2.24) is 19.9 Å². The van der Waals surface area contributed by atoms with Gasteiger partial charge in [-0.25, -0.2) is 22.7 Å². The fourth-order valence-electron chi connectivity index (χ4n) is 5.50. The summed E-state index contributed by atoms with van der Waals surface area (Å²) in [5, 5.41) is 8.22. The molecule has 2 heterocycles. The Morgan fingerprint density at radius 1 is 0.907 bits per heavy atom. The van der Waals surface area contributed by atoms with Gasteiger partial charge < -0.3 is 10.1 Å². The van der Waals surface area contributed by atoms with Crippen LogP contribution < -0.4 is 5.32 Å². The lowest BCUT2D eigenvalue weighted by Gasteiger charge is -2.43. The van der Waals surface area contributed by atoms with Crippen molar-refractivity contribution in [2.45, 2.75) is 56.1 Å². The number of ether oxygens (including phenoxy) is 1. The number of rotatable bonds is 6. The predicted molar refractivity (Wildman–Crippen MR) is 167 cm³/mol. The second kappa shape index (κ2) is 10.6. The topological polar surface area (TPSA) is 103 Å². The van der Waals surface area contributed by atoms with Gasteiger partial charge in [0.2, 0.25) is 0 Å². The highest BCUT2D eigenvalue weighted by atomic mass is 32.2. The van der Waals surface area contributed by atoms with Gasteiger partial charge in [-0.2, -0.15) is 5.10 Å². The molecule has 9 heteroatoms. The third-order valence-corrected chi connectivity index (χ3v) is 8.94. The Kier molecular flexibility index (Phi) is 7.08. The lowest BCUT2D eigenvalue weighted by molar-refractivity contribution is 0.0377. The Bertz CT molecular complexity index is 1900. The molecule has 1 amide bonds. The summed E-state index contributed by atoms with van der Waals surface area (Å²) in [5.41, 5.74) is 5.90.